The van der Waals surface area contributed by atoms with Gasteiger partial charge in [0.1, 0.15) is 19.8 Å². The Hall–Kier alpha value is -2.55. The number of hydrogen-bond donors (Lipinski definition) is 0. The molecule has 0 bridgehead atoms. The van der Waals surface area contributed by atoms with Crippen LogP contribution in [0.25, 0.3) is 0 Å². The van der Waals surface area contributed by atoms with Gasteiger partial charge in [0.25, 0.3) is 7.82 Å². The van der Waals surface area contributed by atoms with Crippen LogP contribution in [0.5, 0.6) is 0 Å². The molecule has 9 nitrogen and oxygen atoms in total. The fraction of sp³-hybridized carbons (Fsp3) is 0.745. The number of carbonyl (C=O) groups excluding carboxylic acids is 2. The fourth-order valence-corrected chi connectivity index (χ4v) is 7.64. The number of unbranched alkanes of at least 4 members (excludes halogenated alkanes) is 21. The molecule has 0 rings (SSSR count). The highest BCUT2D eigenvalue weighted by atomic mass is 31.2. The zero-order chi connectivity index (χ0) is 47.8. The van der Waals surface area contributed by atoms with Crippen LogP contribution in [0.1, 0.15) is 213 Å². The Morgan fingerprint density at radius 3 is 1.31 bits per heavy atom. The molecule has 376 valence electrons. The minimum atomic E-state index is -4.64. The summed E-state index contributed by atoms with van der Waals surface area (Å²) in [5.74, 6) is -0.848. The van der Waals surface area contributed by atoms with Crippen molar-refractivity contribution in [3.05, 3.63) is 72.9 Å². The molecule has 0 aliphatic carbocycles. The van der Waals surface area contributed by atoms with Gasteiger partial charge < -0.3 is 27.9 Å². The zero-order valence-electron chi connectivity index (χ0n) is 42.4. The monoisotopic (exact) mass is 932 g/mol. The average molecular weight is 932 g/mol. The Balaban J connectivity index is 4.26. The van der Waals surface area contributed by atoms with E-state index < -0.39 is 32.5 Å². The van der Waals surface area contributed by atoms with E-state index in [0.717, 1.165) is 89.9 Å². The number of ether oxygens (including phenoxy) is 2. The predicted molar refractivity (Wildman–Crippen MR) is 273 cm³/mol. The third-order valence-electron chi connectivity index (χ3n) is 11.0. The van der Waals surface area contributed by atoms with E-state index in [1.807, 2.05) is 21.1 Å². The second kappa shape index (κ2) is 46.6. The van der Waals surface area contributed by atoms with E-state index in [-0.39, 0.29) is 26.1 Å². The van der Waals surface area contributed by atoms with Crippen LogP contribution in [0.4, 0.5) is 0 Å². The van der Waals surface area contributed by atoms with Gasteiger partial charge in [0.05, 0.1) is 27.7 Å². The highest BCUT2D eigenvalue weighted by Crippen LogP contribution is 2.38. The van der Waals surface area contributed by atoms with Crippen LogP contribution in [0.15, 0.2) is 72.9 Å². The van der Waals surface area contributed by atoms with Crippen molar-refractivity contribution in [2.45, 2.75) is 219 Å². The van der Waals surface area contributed by atoms with E-state index in [1.165, 1.54) is 89.9 Å². The van der Waals surface area contributed by atoms with E-state index in [1.54, 1.807) is 0 Å². The van der Waals surface area contributed by atoms with Crippen molar-refractivity contribution < 1.29 is 42.1 Å². The van der Waals surface area contributed by atoms with Gasteiger partial charge in [-0.3, -0.25) is 14.2 Å². The topological polar surface area (TPSA) is 111 Å². The standard InChI is InChI=1S/C55H98NO8P/c1-6-8-10-12-14-16-18-20-22-24-26-27-28-29-30-32-34-36-38-40-42-44-46-48-55(58)64-53(52-63-65(59,60)62-50-49-56(3,4)5)51-61-54(57)47-45-43-41-39-37-35-33-31-25-23-21-19-17-15-13-11-9-7-2/h8,10,14,16-17,19-20,22-23,25-27,53H,6-7,9,11-13,15,18,21,24,28-52H2,1-5H3/b10-8-,16-14-,19-17-,22-20-,25-23-,27-26-. The van der Waals surface area contributed by atoms with E-state index in [2.05, 4.69) is 86.8 Å². The first-order chi connectivity index (χ1) is 31.5. The molecular weight excluding hydrogens is 834 g/mol. The molecule has 0 aromatic rings. The third kappa shape index (κ3) is 50.7. The first-order valence-electron chi connectivity index (χ1n) is 26.1. The van der Waals surface area contributed by atoms with Crippen molar-refractivity contribution in [3.8, 4) is 0 Å². The molecule has 0 heterocycles. The minimum absolute atomic E-state index is 0.0360. The summed E-state index contributed by atoms with van der Waals surface area (Å²) in [6, 6.07) is 0. The van der Waals surface area contributed by atoms with Crippen LogP contribution in [-0.4, -0.2) is 70.0 Å². The van der Waals surface area contributed by atoms with Gasteiger partial charge >= 0.3 is 11.9 Å². The summed E-state index contributed by atoms with van der Waals surface area (Å²) < 4.78 is 34.1. The first kappa shape index (κ1) is 62.4. The Morgan fingerprint density at radius 2 is 0.877 bits per heavy atom. The summed E-state index contributed by atoms with van der Waals surface area (Å²) in [6.07, 6.45) is 59.3. The number of phosphoric ester groups is 1. The lowest BCUT2D eigenvalue weighted by molar-refractivity contribution is -0.870. The molecule has 0 radical (unpaired) electrons. The van der Waals surface area contributed by atoms with Crippen LogP contribution in [0, 0.1) is 0 Å². The number of nitrogens with zero attached hydrogens (tertiary/aromatic N) is 1. The fourth-order valence-electron chi connectivity index (χ4n) is 6.91. The minimum Gasteiger partial charge on any atom is -0.756 e. The molecule has 0 aromatic heterocycles. The van der Waals surface area contributed by atoms with E-state index >= 15 is 0 Å². The molecule has 0 N–H and O–H groups in total. The van der Waals surface area contributed by atoms with Crippen LogP contribution in [0.2, 0.25) is 0 Å². The summed E-state index contributed by atoms with van der Waals surface area (Å²) in [6.45, 7) is 4.10. The van der Waals surface area contributed by atoms with Crippen molar-refractivity contribution in [2.24, 2.45) is 0 Å². The lowest BCUT2D eigenvalue weighted by Crippen LogP contribution is -2.37. The molecule has 0 aromatic carbocycles. The molecule has 10 heteroatoms. The van der Waals surface area contributed by atoms with Gasteiger partial charge in [-0.05, 0) is 83.5 Å². The lowest BCUT2D eigenvalue weighted by Gasteiger charge is -2.28. The maximum atomic E-state index is 12.8. The average Bonchev–Trinajstić information content (AvgIpc) is 3.26. The highest BCUT2D eigenvalue weighted by Gasteiger charge is 2.21. The summed E-state index contributed by atoms with van der Waals surface area (Å²) in [4.78, 5) is 37.8. The van der Waals surface area contributed by atoms with Crippen molar-refractivity contribution >= 4 is 19.8 Å². The van der Waals surface area contributed by atoms with Crippen molar-refractivity contribution in [1.82, 2.24) is 0 Å². The molecule has 0 amide bonds. The molecule has 2 atom stereocenters. The van der Waals surface area contributed by atoms with Crippen LogP contribution in [0.3, 0.4) is 0 Å². The second-order valence-corrected chi connectivity index (χ2v) is 19.9. The Bertz CT molecular complexity index is 1330. The molecule has 0 spiro atoms. The van der Waals surface area contributed by atoms with Gasteiger partial charge in [-0.1, -0.05) is 189 Å². The normalized spacial score (nSPS) is 14.0. The molecule has 0 aliphatic heterocycles. The molecular formula is C55H98NO8P. The summed E-state index contributed by atoms with van der Waals surface area (Å²) in [5.41, 5.74) is 0. The van der Waals surface area contributed by atoms with E-state index in [4.69, 9.17) is 18.5 Å². The van der Waals surface area contributed by atoms with Crippen molar-refractivity contribution in [1.29, 1.82) is 0 Å². The number of allylic oxidation sites excluding steroid dienone is 12. The van der Waals surface area contributed by atoms with Crippen molar-refractivity contribution in [2.75, 3.05) is 47.5 Å². The number of hydrogen-bond acceptors (Lipinski definition) is 8. The molecule has 0 aliphatic rings. The lowest BCUT2D eigenvalue weighted by atomic mass is 10.0. The van der Waals surface area contributed by atoms with Gasteiger partial charge in [0, 0.05) is 12.8 Å². The van der Waals surface area contributed by atoms with E-state index in [0.29, 0.717) is 17.4 Å². The molecule has 2 unspecified atom stereocenters. The van der Waals surface area contributed by atoms with Gasteiger partial charge in [0.2, 0.25) is 0 Å². The largest absolute Gasteiger partial charge is 0.756 e. The van der Waals surface area contributed by atoms with Crippen LogP contribution < -0.4 is 4.89 Å². The number of phosphoric acid groups is 1. The SMILES string of the molecule is CC/C=C\C/C=C\C/C=C\C/C=C\CCCCCCCCCCCCC(=O)OC(COC(=O)CCCCCCCCC/C=C\C/C=C\CCCCCC)COP(=O)([O-])OCC[N+](C)(C)C. The van der Waals surface area contributed by atoms with Gasteiger partial charge in [-0.15, -0.1) is 0 Å². The molecule has 65 heavy (non-hydrogen) atoms. The third-order valence-corrected chi connectivity index (χ3v) is 11.9. The maximum absolute atomic E-state index is 12.8. The summed E-state index contributed by atoms with van der Waals surface area (Å²) in [5, 5.41) is 0. The maximum Gasteiger partial charge on any atom is 0.306 e. The number of carbonyl (C=O) groups is 2. The number of esters is 2. The molecule has 0 fully saturated rings. The van der Waals surface area contributed by atoms with Crippen molar-refractivity contribution in [3.63, 3.8) is 0 Å². The Labute approximate surface area is 399 Å². The summed E-state index contributed by atoms with van der Waals surface area (Å²) >= 11 is 0. The van der Waals surface area contributed by atoms with Crippen LogP contribution in [-0.2, 0) is 32.7 Å². The highest BCUT2D eigenvalue weighted by molar-refractivity contribution is 7.45. The molecule has 0 saturated carbocycles. The second-order valence-electron chi connectivity index (χ2n) is 18.5. The first-order valence-corrected chi connectivity index (χ1v) is 27.6. The Morgan fingerprint density at radius 1 is 0.492 bits per heavy atom. The van der Waals surface area contributed by atoms with Gasteiger partial charge in [0.15, 0.2) is 6.10 Å². The number of rotatable bonds is 47. The van der Waals surface area contributed by atoms with E-state index in [9.17, 15) is 19.0 Å². The Kier molecular flexibility index (Phi) is 44.7. The zero-order valence-corrected chi connectivity index (χ0v) is 43.3. The van der Waals surface area contributed by atoms with Gasteiger partial charge in [-0.25, -0.2) is 0 Å². The number of quaternary nitrogens is 1. The predicted octanol–water partition coefficient (Wildman–Crippen LogP) is 15.1. The number of likely N-dealkylation sites (N-methyl/N-ethyl adjacent to an activating group) is 1. The summed E-state index contributed by atoms with van der Waals surface area (Å²) in [7, 11) is 1.15. The smallest absolute Gasteiger partial charge is 0.306 e. The quantitative estimate of drug-likeness (QED) is 0.0195. The van der Waals surface area contributed by atoms with Crippen LogP contribution >= 0.6 is 7.82 Å². The molecule has 0 saturated heterocycles. The van der Waals surface area contributed by atoms with Gasteiger partial charge in [-0.2, -0.15) is 0 Å².